The summed E-state index contributed by atoms with van der Waals surface area (Å²) in [6, 6.07) is 7.18. The van der Waals surface area contributed by atoms with Crippen LogP contribution in [0.25, 0.3) is 0 Å². The van der Waals surface area contributed by atoms with Gasteiger partial charge in [-0.2, -0.15) is 5.26 Å². The van der Waals surface area contributed by atoms with E-state index >= 15 is 0 Å². The van der Waals surface area contributed by atoms with Gasteiger partial charge < -0.3 is 9.47 Å². The lowest BCUT2D eigenvalue weighted by molar-refractivity contribution is -0.199. The van der Waals surface area contributed by atoms with Gasteiger partial charge in [0, 0.05) is 5.56 Å². The third kappa shape index (κ3) is 2.38. The molecule has 122 valence electrons. The third-order valence-electron chi connectivity index (χ3n) is 4.80. The van der Waals surface area contributed by atoms with Gasteiger partial charge in [-0.15, -0.1) is 0 Å². The van der Waals surface area contributed by atoms with Crippen molar-refractivity contribution in [1.29, 1.82) is 5.26 Å². The van der Waals surface area contributed by atoms with E-state index in [0.717, 1.165) is 11.3 Å². The van der Waals surface area contributed by atoms with Gasteiger partial charge in [0.2, 0.25) is 0 Å². The van der Waals surface area contributed by atoms with Gasteiger partial charge in [0.05, 0.1) is 17.7 Å². The number of benzene rings is 1. The summed E-state index contributed by atoms with van der Waals surface area (Å²) in [6.07, 6.45) is -0.406. The Bertz CT molecular complexity index is 690. The average molecular weight is 314 g/mol. The lowest BCUT2D eigenvalue weighted by atomic mass is 9.82. The lowest BCUT2D eigenvalue weighted by Crippen LogP contribution is -2.63. The predicted octanol–water partition coefficient (Wildman–Crippen LogP) is 2.65. The largest absolute Gasteiger partial charge is 0.484 e. The van der Waals surface area contributed by atoms with Crippen molar-refractivity contribution in [2.45, 2.75) is 51.5 Å². The molecule has 1 saturated heterocycles. The zero-order valence-corrected chi connectivity index (χ0v) is 14.2. The number of nitriles is 1. The number of hydrogen-bond acceptors (Lipinski definition) is 5. The fourth-order valence-electron chi connectivity index (χ4n) is 3.74. The number of carbonyl (C=O) groups excluding carboxylic acids is 1. The summed E-state index contributed by atoms with van der Waals surface area (Å²) >= 11 is 0. The van der Waals surface area contributed by atoms with Crippen LogP contribution in [0, 0.1) is 17.2 Å². The molecule has 0 aromatic heterocycles. The van der Waals surface area contributed by atoms with Crippen LogP contribution in [-0.4, -0.2) is 35.7 Å². The molecule has 23 heavy (non-hydrogen) atoms. The van der Waals surface area contributed by atoms with Crippen molar-refractivity contribution >= 4 is 5.97 Å². The number of rotatable bonds is 1. The van der Waals surface area contributed by atoms with Gasteiger partial charge in [-0.25, -0.2) is 0 Å². The lowest BCUT2D eigenvalue weighted by Gasteiger charge is -2.52. The first-order chi connectivity index (χ1) is 10.8. The van der Waals surface area contributed by atoms with Crippen LogP contribution in [0.5, 0.6) is 5.75 Å². The number of fused-ring (bicyclic) bond motifs is 3. The molecule has 0 aliphatic carbocycles. The highest BCUT2D eigenvalue weighted by atomic mass is 16.6. The fourth-order valence-corrected chi connectivity index (χ4v) is 3.74. The Kier molecular flexibility index (Phi) is 3.61. The summed E-state index contributed by atoms with van der Waals surface area (Å²) in [7, 11) is 1.95. The molecule has 1 aromatic rings. The molecule has 0 saturated carbocycles. The molecule has 2 heterocycles. The van der Waals surface area contributed by atoms with Gasteiger partial charge in [0.25, 0.3) is 0 Å². The van der Waals surface area contributed by atoms with Gasteiger partial charge in [-0.05, 0) is 45.0 Å². The molecule has 5 nitrogen and oxygen atoms in total. The fraction of sp³-hybridized carbons (Fsp3) is 0.556. The molecule has 3 atom stereocenters. The molecule has 0 radical (unpaired) electrons. The molecule has 1 fully saturated rings. The Morgan fingerprint density at radius 1 is 1.35 bits per heavy atom. The number of nitrogens with zero attached hydrogens (tertiary/aromatic N) is 2. The topological polar surface area (TPSA) is 62.6 Å². The van der Waals surface area contributed by atoms with Gasteiger partial charge in [0.15, 0.2) is 6.10 Å². The van der Waals surface area contributed by atoms with Crippen molar-refractivity contribution in [1.82, 2.24) is 4.90 Å². The van der Waals surface area contributed by atoms with E-state index in [9.17, 15) is 10.1 Å². The smallest absolute Gasteiger partial charge is 0.324 e. The second-order valence-corrected chi connectivity index (χ2v) is 7.23. The number of carbonyl (C=O) groups is 1. The normalized spacial score (nSPS) is 29.1. The number of likely N-dealkylation sites (N-methyl/N-ethyl adjacent to an activating group) is 1. The highest BCUT2D eigenvalue weighted by Gasteiger charge is 2.54. The van der Waals surface area contributed by atoms with E-state index in [0.29, 0.717) is 5.56 Å². The van der Waals surface area contributed by atoms with Crippen LogP contribution in [0.4, 0.5) is 0 Å². The monoisotopic (exact) mass is 314 g/mol. The Morgan fingerprint density at radius 3 is 2.65 bits per heavy atom. The summed E-state index contributed by atoms with van der Waals surface area (Å²) in [5, 5.41) is 9.20. The summed E-state index contributed by atoms with van der Waals surface area (Å²) in [5.41, 5.74) is 0.865. The maximum absolute atomic E-state index is 12.5. The first-order valence-electron chi connectivity index (χ1n) is 7.91. The van der Waals surface area contributed by atoms with Crippen LogP contribution in [-0.2, 0) is 9.53 Å². The molecule has 5 heteroatoms. The van der Waals surface area contributed by atoms with Crippen LogP contribution >= 0.6 is 0 Å². The van der Waals surface area contributed by atoms with Gasteiger partial charge in [-0.3, -0.25) is 9.69 Å². The van der Waals surface area contributed by atoms with E-state index < -0.39 is 11.7 Å². The maximum atomic E-state index is 12.5. The molecule has 0 bridgehead atoms. The molecule has 1 aromatic carbocycles. The van der Waals surface area contributed by atoms with E-state index in [4.69, 9.17) is 9.47 Å². The third-order valence-corrected chi connectivity index (χ3v) is 4.80. The van der Waals surface area contributed by atoms with Crippen LogP contribution in [0.1, 0.15) is 44.9 Å². The van der Waals surface area contributed by atoms with Gasteiger partial charge >= 0.3 is 5.97 Å². The highest BCUT2D eigenvalue weighted by molar-refractivity contribution is 5.77. The van der Waals surface area contributed by atoms with E-state index in [1.807, 2.05) is 46.9 Å². The molecule has 2 aliphatic rings. The molecule has 3 rings (SSSR count). The number of hydrogen-bond donors (Lipinski definition) is 0. The minimum absolute atomic E-state index is 0.118. The maximum Gasteiger partial charge on any atom is 0.324 e. The molecule has 0 unspecified atom stereocenters. The Morgan fingerprint density at radius 2 is 2.04 bits per heavy atom. The van der Waals surface area contributed by atoms with Crippen molar-refractivity contribution in [3.05, 3.63) is 29.3 Å². The van der Waals surface area contributed by atoms with Crippen LogP contribution < -0.4 is 4.74 Å². The minimum Gasteiger partial charge on any atom is -0.484 e. The first-order valence-corrected chi connectivity index (χ1v) is 7.91. The van der Waals surface area contributed by atoms with E-state index in [1.54, 1.807) is 6.07 Å². The van der Waals surface area contributed by atoms with E-state index in [1.165, 1.54) is 0 Å². The summed E-state index contributed by atoms with van der Waals surface area (Å²) < 4.78 is 11.9. The number of morpholine rings is 1. The molecular weight excluding hydrogens is 292 g/mol. The zero-order valence-electron chi connectivity index (χ0n) is 14.2. The van der Waals surface area contributed by atoms with Crippen molar-refractivity contribution in [3.8, 4) is 11.8 Å². The summed E-state index contributed by atoms with van der Waals surface area (Å²) in [4.78, 5) is 14.5. The van der Waals surface area contributed by atoms with Crippen molar-refractivity contribution in [3.63, 3.8) is 0 Å². The van der Waals surface area contributed by atoms with Gasteiger partial charge in [0.1, 0.15) is 17.4 Å². The van der Waals surface area contributed by atoms with Crippen LogP contribution in [0.2, 0.25) is 0 Å². The minimum atomic E-state index is -0.627. The average Bonchev–Trinajstić information content (AvgIpc) is 2.46. The van der Waals surface area contributed by atoms with Gasteiger partial charge in [-0.1, -0.05) is 13.8 Å². The first kappa shape index (κ1) is 15.8. The summed E-state index contributed by atoms with van der Waals surface area (Å²) in [5.74, 6) is 0.685. The zero-order chi connectivity index (χ0) is 16.9. The van der Waals surface area contributed by atoms with Crippen LogP contribution in [0.15, 0.2) is 18.2 Å². The number of esters is 1. The van der Waals surface area contributed by atoms with Crippen molar-refractivity contribution < 1.29 is 14.3 Å². The van der Waals surface area contributed by atoms with Crippen molar-refractivity contribution in [2.75, 3.05) is 7.05 Å². The summed E-state index contributed by atoms with van der Waals surface area (Å²) in [6.45, 7) is 7.89. The molecule has 0 N–H and O–H groups in total. The van der Waals surface area contributed by atoms with E-state index in [-0.39, 0.29) is 24.0 Å². The molecule has 0 amide bonds. The Hall–Kier alpha value is -2.06. The molecular formula is C18H22N2O3. The second kappa shape index (κ2) is 5.24. The number of ether oxygens (including phenoxy) is 2. The second-order valence-electron chi connectivity index (χ2n) is 7.23. The van der Waals surface area contributed by atoms with Crippen molar-refractivity contribution in [2.24, 2.45) is 5.92 Å². The quantitative estimate of drug-likeness (QED) is 0.746. The van der Waals surface area contributed by atoms with Crippen LogP contribution in [0.3, 0.4) is 0 Å². The Labute approximate surface area is 136 Å². The highest BCUT2D eigenvalue weighted by Crippen LogP contribution is 2.47. The van der Waals surface area contributed by atoms with E-state index in [2.05, 4.69) is 11.0 Å². The Balaban J connectivity index is 2.14. The standard InChI is InChI=1S/C18H22N2O3/c1-10(2)14-17(21)22-16-15(20(14)5)12-8-11(9-19)6-7-13(12)23-18(16,3)4/h6-8,10,14-16H,1-5H3/t14-,15-,16+/m1/s1. The molecule has 0 spiro atoms. The SMILES string of the molecule is CC(C)[C@@H]1C(=O)O[C@H]2[C@@H](c3cc(C#N)ccc3OC2(C)C)N1C. The molecule has 2 aliphatic heterocycles. The predicted molar refractivity (Wildman–Crippen MR) is 84.9 cm³/mol.